The zero-order chi connectivity index (χ0) is 16.2. The van der Waals surface area contributed by atoms with Crippen molar-refractivity contribution < 1.29 is 4.79 Å². The van der Waals surface area contributed by atoms with Crippen LogP contribution in [0.2, 0.25) is 0 Å². The first-order valence-corrected chi connectivity index (χ1v) is 8.39. The third kappa shape index (κ3) is 3.63. The number of aryl methyl sites for hydroxylation is 3. The molecule has 0 saturated carbocycles. The molecule has 0 spiro atoms. The van der Waals surface area contributed by atoms with E-state index in [-0.39, 0.29) is 5.91 Å². The summed E-state index contributed by atoms with van der Waals surface area (Å²) in [6.07, 6.45) is 10.2. The van der Waals surface area contributed by atoms with Gasteiger partial charge in [0.25, 0.3) is 0 Å². The predicted octanol–water partition coefficient (Wildman–Crippen LogP) is 1.94. The van der Waals surface area contributed by atoms with Gasteiger partial charge >= 0.3 is 0 Å². The van der Waals surface area contributed by atoms with Crippen LogP contribution in [-0.2, 0) is 24.8 Å². The van der Waals surface area contributed by atoms with Crippen molar-refractivity contribution in [2.75, 3.05) is 6.54 Å². The van der Waals surface area contributed by atoms with E-state index in [1.54, 1.807) is 6.20 Å². The second-order valence-corrected chi connectivity index (χ2v) is 6.32. The molecule has 1 aliphatic heterocycles. The lowest BCUT2D eigenvalue weighted by Gasteiger charge is -2.25. The van der Waals surface area contributed by atoms with Gasteiger partial charge in [-0.2, -0.15) is 5.10 Å². The first-order chi connectivity index (χ1) is 11.1. The standard InChI is InChI=1S/C17H25N5O/c1-14-13-18-16(20(14)2)7-6-15-5-3-11-22(15)17(23)8-12-21-10-4-9-19-21/h4,9-10,13,15H,3,5-8,11-12H2,1-2H3. The van der Waals surface area contributed by atoms with Gasteiger partial charge in [0.15, 0.2) is 0 Å². The van der Waals surface area contributed by atoms with Crippen LogP contribution >= 0.6 is 0 Å². The van der Waals surface area contributed by atoms with Crippen molar-refractivity contribution in [2.45, 2.75) is 51.6 Å². The Kier molecular flexibility index (Phi) is 4.79. The third-order valence-corrected chi connectivity index (χ3v) is 4.83. The molecule has 1 unspecified atom stereocenters. The zero-order valence-electron chi connectivity index (χ0n) is 14.0. The lowest BCUT2D eigenvalue weighted by molar-refractivity contribution is -0.132. The van der Waals surface area contributed by atoms with E-state index in [1.807, 2.05) is 23.1 Å². The minimum absolute atomic E-state index is 0.249. The number of rotatable bonds is 6. The molecular formula is C17H25N5O. The highest BCUT2D eigenvalue weighted by Crippen LogP contribution is 2.22. The number of nitrogens with zero attached hydrogens (tertiary/aromatic N) is 5. The highest BCUT2D eigenvalue weighted by molar-refractivity contribution is 5.76. The molecule has 3 rings (SSSR count). The molecule has 1 amide bonds. The summed E-state index contributed by atoms with van der Waals surface area (Å²) in [7, 11) is 2.05. The highest BCUT2D eigenvalue weighted by atomic mass is 16.2. The largest absolute Gasteiger partial charge is 0.340 e. The van der Waals surface area contributed by atoms with E-state index < -0.39 is 0 Å². The Morgan fingerprint density at radius 3 is 3.00 bits per heavy atom. The molecule has 23 heavy (non-hydrogen) atoms. The van der Waals surface area contributed by atoms with Crippen molar-refractivity contribution in [3.63, 3.8) is 0 Å². The van der Waals surface area contributed by atoms with Crippen LogP contribution in [-0.4, -0.2) is 42.7 Å². The maximum atomic E-state index is 12.5. The van der Waals surface area contributed by atoms with Crippen molar-refractivity contribution in [2.24, 2.45) is 7.05 Å². The summed E-state index contributed by atoms with van der Waals surface area (Å²) in [6, 6.07) is 2.25. The van der Waals surface area contributed by atoms with Gasteiger partial charge in [0.1, 0.15) is 5.82 Å². The molecule has 1 atom stereocenters. The molecule has 1 saturated heterocycles. The first-order valence-electron chi connectivity index (χ1n) is 8.39. The highest BCUT2D eigenvalue weighted by Gasteiger charge is 2.28. The minimum Gasteiger partial charge on any atom is -0.340 e. The maximum absolute atomic E-state index is 12.5. The fourth-order valence-electron chi connectivity index (χ4n) is 3.32. The van der Waals surface area contributed by atoms with E-state index in [1.165, 1.54) is 5.69 Å². The summed E-state index contributed by atoms with van der Waals surface area (Å²) in [5.74, 6) is 1.36. The predicted molar refractivity (Wildman–Crippen MR) is 87.8 cm³/mol. The number of carbonyl (C=O) groups excluding carboxylic acids is 1. The zero-order valence-corrected chi connectivity index (χ0v) is 14.0. The SMILES string of the molecule is Cc1cnc(CCC2CCCN2C(=O)CCn2cccn2)n1C. The Labute approximate surface area is 137 Å². The summed E-state index contributed by atoms with van der Waals surface area (Å²) >= 11 is 0. The quantitative estimate of drug-likeness (QED) is 0.818. The van der Waals surface area contributed by atoms with E-state index in [0.717, 1.165) is 38.1 Å². The van der Waals surface area contributed by atoms with E-state index >= 15 is 0 Å². The topological polar surface area (TPSA) is 56.0 Å². The molecule has 1 aliphatic rings. The van der Waals surface area contributed by atoms with Crippen LogP contribution in [0.25, 0.3) is 0 Å². The second kappa shape index (κ2) is 6.98. The van der Waals surface area contributed by atoms with Gasteiger partial charge in [0.2, 0.25) is 5.91 Å². The molecule has 124 valence electrons. The van der Waals surface area contributed by atoms with Gasteiger partial charge in [0.05, 0.1) is 0 Å². The molecule has 0 bridgehead atoms. The van der Waals surface area contributed by atoms with Crippen LogP contribution in [0, 0.1) is 6.92 Å². The van der Waals surface area contributed by atoms with Crippen LogP contribution < -0.4 is 0 Å². The lowest BCUT2D eigenvalue weighted by Crippen LogP contribution is -2.36. The van der Waals surface area contributed by atoms with Crippen LogP contribution in [0.5, 0.6) is 0 Å². The molecule has 0 radical (unpaired) electrons. The summed E-state index contributed by atoms with van der Waals surface area (Å²) in [5.41, 5.74) is 1.18. The number of carbonyl (C=O) groups is 1. The van der Waals surface area contributed by atoms with Crippen molar-refractivity contribution >= 4 is 5.91 Å². The minimum atomic E-state index is 0.249. The Bertz CT molecular complexity index is 646. The monoisotopic (exact) mass is 315 g/mol. The molecule has 0 N–H and O–H groups in total. The van der Waals surface area contributed by atoms with Crippen LogP contribution in [0.1, 0.15) is 37.2 Å². The molecule has 6 heteroatoms. The average Bonchev–Trinajstić information content (AvgIpc) is 3.27. The Morgan fingerprint density at radius 1 is 1.43 bits per heavy atom. The molecular weight excluding hydrogens is 290 g/mol. The van der Waals surface area contributed by atoms with Gasteiger partial charge in [-0.3, -0.25) is 9.48 Å². The number of likely N-dealkylation sites (tertiary alicyclic amines) is 1. The smallest absolute Gasteiger partial charge is 0.224 e. The first kappa shape index (κ1) is 15.8. The van der Waals surface area contributed by atoms with Gasteiger partial charge in [0, 0.05) is 63.3 Å². The lowest BCUT2D eigenvalue weighted by atomic mass is 10.1. The molecule has 3 heterocycles. The van der Waals surface area contributed by atoms with Crippen LogP contribution in [0.4, 0.5) is 0 Å². The molecule has 0 aliphatic carbocycles. The second-order valence-electron chi connectivity index (χ2n) is 6.32. The van der Waals surface area contributed by atoms with Crippen molar-refractivity contribution in [1.29, 1.82) is 0 Å². The summed E-state index contributed by atoms with van der Waals surface area (Å²) in [4.78, 5) is 19.0. The van der Waals surface area contributed by atoms with E-state index in [2.05, 4.69) is 33.5 Å². The summed E-state index contributed by atoms with van der Waals surface area (Å²) < 4.78 is 3.96. The van der Waals surface area contributed by atoms with Gasteiger partial charge in [-0.1, -0.05) is 0 Å². The summed E-state index contributed by atoms with van der Waals surface area (Å²) in [5, 5.41) is 4.16. The van der Waals surface area contributed by atoms with E-state index in [9.17, 15) is 4.79 Å². The molecule has 1 fully saturated rings. The van der Waals surface area contributed by atoms with Gasteiger partial charge in [-0.05, 0) is 32.3 Å². The van der Waals surface area contributed by atoms with Gasteiger partial charge in [-0.25, -0.2) is 4.98 Å². The maximum Gasteiger partial charge on any atom is 0.224 e. The third-order valence-electron chi connectivity index (χ3n) is 4.83. The number of hydrogen-bond acceptors (Lipinski definition) is 3. The number of hydrogen-bond donors (Lipinski definition) is 0. The van der Waals surface area contributed by atoms with Crippen molar-refractivity contribution in [3.8, 4) is 0 Å². The average molecular weight is 315 g/mol. The molecule has 2 aromatic heterocycles. The summed E-state index contributed by atoms with van der Waals surface area (Å²) in [6.45, 7) is 3.62. The fraction of sp³-hybridized carbons (Fsp3) is 0.588. The number of aromatic nitrogens is 4. The fourth-order valence-corrected chi connectivity index (χ4v) is 3.32. The molecule has 6 nitrogen and oxygen atoms in total. The van der Waals surface area contributed by atoms with Crippen LogP contribution in [0.15, 0.2) is 24.7 Å². The van der Waals surface area contributed by atoms with Crippen molar-refractivity contribution in [1.82, 2.24) is 24.2 Å². The molecule has 2 aromatic rings. The van der Waals surface area contributed by atoms with Crippen molar-refractivity contribution in [3.05, 3.63) is 36.2 Å². The van der Waals surface area contributed by atoms with E-state index in [0.29, 0.717) is 19.0 Å². The van der Waals surface area contributed by atoms with Gasteiger partial charge < -0.3 is 9.47 Å². The molecule has 0 aromatic carbocycles. The Hall–Kier alpha value is -2.11. The Morgan fingerprint density at radius 2 is 2.30 bits per heavy atom. The number of amides is 1. The Balaban J connectivity index is 1.52. The normalized spacial score (nSPS) is 17.8. The number of imidazole rings is 1. The van der Waals surface area contributed by atoms with Gasteiger partial charge in [-0.15, -0.1) is 0 Å². The van der Waals surface area contributed by atoms with Crippen LogP contribution in [0.3, 0.4) is 0 Å². The van der Waals surface area contributed by atoms with E-state index in [4.69, 9.17) is 0 Å².